The zero-order valence-corrected chi connectivity index (χ0v) is 12.7. The first kappa shape index (κ1) is 15.8. The molecular weight excluding hydrogens is 328 g/mol. The second-order valence-corrected chi connectivity index (χ2v) is 5.63. The highest BCUT2D eigenvalue weighted by Gasteiger charge is 2.27. The summed E-state index contributed by atoms with van der Waals surface area (Å²) in [6.45, 7) is -1.73. The highest BCUT2D eigenvalue weighted by molar-refractivity contribution is 7.07. The van der Waals surface area contributed by atoms with Crippen LogP contribution in [0.5, 0.6) is 5.75 Å². The lowest BCUT2D eigenvalue weighted by Crippen LogP contribution is -2.42. The third-order valence-corrected chi connectivity index (χ3v) is 4.03. The Balaban J connectivity index is 1.72. The number of ether oxygens (including phenoxy) is 2. The van der Waals surface area contributed by atoms with E-state index in [4.69, 9.17) is 4.74 Å². The number of alkyl halides is 2. The number of aromatic nitrogens is 2. The second kappa shape index (κ2) is 6.97. The van der Waals surface area contributed by atoms with Gasteiger partial charge in [-0.1, -0.05) is 16.6 Å². The molecule has 1 saturated heterocycles. The molecule has 1 fully saturated rings. The Kier molecular flexibility index (Phi) is 4.77. The average molecular weight is 341 g/mol. The van der Waals surface area contributed by atoms with Crippen molar-refractivity contribution in [3.05, 3.63) is 40.9 Å². The SMILES string of the molecule is O=C(c1cnns1)N1CCO[C@@H](c2cccc(OC(F)F)c2)C1. The number of nitrogens with zero attached hydrogens (tertiary/aromatic N) is 3. The number of amides is 1. The van der Waals surface area contributed by atoms with E-state index in [2.05, 4.69) is 14.3 Å². The van der Waals surface area contributed by atoms with Crippen LogP contribution in [0.3, 0.4) is 0 Å². The Bertz CT molecular complexity index is 669. The monoisotopic (exact) mass is 341 g/mol. The van der Waals surface area contributed by atoms with Crippen LogP contribution in [-0.4, -0.2) is 46.7 Å². The van der Waals surface area contributed by atoms with Crippen LogP contribution in [-0.2, 0) is 4.74 Å². The summed E-state index contributed by atoms with van der Waals surface area (Å²) in [6.07, 6.45) is 1.03. The molecule has 2 heterocycles. The Morgan fingerprint density at radius 3 is 3.09 bits per heavy atom. The van der Waals surface area contributed by atoms with Gasteiger partial charge in [0, 0.05) is 6.54 Å². The van der Waals surface area contributed by atoms with Crippen LogP contribution in [0.4, 0.5) is 8.78 Å². The first-order chi connectivity index (χ1) is 11.1. The summed E-state index contributed by atoms with van der Waals surface area (Å²) in [7, 11) is 0. The number of halogens is 2. The normalized spacial score (nSPS) is 18.2. The van der Waals surface area contributed by atoms with Crippen LogP contribution in [0.25, 0.3) is 0 Å². The molecule has 6 nitrogen and oxygen atoms in total. The Hall–Kier alpha value is -2.13. The Labute approximate surface area is 134 Å². The summed E-state index contributed by atoms with van der Waals surface area (Å²) in [4.78, 5) is 14.4. The molecule has 1 aliphatic rings. The van der Waals surface area contributed by atoms with E-state index in [1.165, 1.54) is 18.3 Å². The minimum Gasteiger partial charge on any atom is -0.435 e. The van der Waals surface area contributed by atoms with Gasteiger partial charge in [0.15, 0.2) is 0 Å². The predicted octanol–water partition coefficient (Wildman–Crippen LogP) is 2.35. The van der Waals surface area contributed by atoms with Crippen molar-refractivity contribution < 1.29 is 23.0 Å². The summed E-state index contributed by atoms with van der Waals surface area (Å²) in [6, 6.07) is 6.32. The van der Waals surface area contributed by atoms with Crippen molar-refractivity contribution in [2.45, 2.75) is 12.7 Å². The fourth-order valence-corrected chi connectivity index (χ4v) is 2.83. The van der Waals surface area contributed by atoms with Crippen molar-refractivity contribution in [2.75, 3.05) is 19.7 Å². The van der Waals surface area contributed by atoms with Crippen LogP contribution in [0.2, 0.25) is 0 Å². The van der Waals surface area contributed by atoms with Crippen LogP contribution < -0.4 is 4.74 Å². The van der Waals surface area contributed by atoms with Crippen LogP contribution >= 0.6 is 11.5 Å². The smallest absolute Gasteiger partial charge is 0.387 e. The predicted molar refractivity (Wildman–Crippen MR) is 77.6 cm³/mol. The standard InChI is InChI=1S/C14H13F2N3O3S/c15-14(16)22-10-3-1-2-9(6-10)11-8-19(4-5-21-11)13(20)12-7-17-18-23-12/h1-3,6-7,11,14H,4-5,8H2/t11-/m1/s1. The van der Waals surface area contributed by atoms with Crippen LogP contribution in [0.15, 0.2) is 30.5 Å². The van der Waals surface area contributed by atoms with Gasteiger partial charge >= 0.3 is 6.61 Å². The van der Waals surface area contributed by atoms with E-state index < -0.39 is 12.7 Å². The van der Waals surface area contributed by atoms with E-state index in [-0.39, 0.29) is 11.7 Å². The molecule has 9 heteroatoms. The van der Waals surface area contributed by atoms with E-state index in [0.29, 0.717) is 30.1 Å². The molecule has 0 N–H and O–H groups in total. The molecule has 1 amide bonds. The zero-order chi connectivity index (χ0) is 16.2. The van der Waals surface area contributed by atoms with Crippen LogP contribution in [0.1, 0.15) is 21.3 Å². The van der Waals surface area contributed by atoms with Gasteiger partial charge in [0.1, 0.15) is 16.7 Å². The Morgan fingerprint density at radius 2 is 2.35 bits per heavy atom. The lowest BCUT2D eigenvalue weighted by atomic mass is 10.1. The van der Waals surface area contributed by atoms with Gasteiger partial charge in [-0.2, -0.15) is 8.78 Å². The van der Waals surface area contributed by atoms with Gasteiger partial charge in [-0.3, -0.25) is 4.79 Å². The van der Waals surface area contributed by atoms with Crippen LogP contribution in [0, 0.1) is 0 Å². The molecule has 0 unspecified atom stereocenters. The van der Waals surface area contributed by atoms with Crippen molar-refractivity contribution in [3.63, 3.8) is 0 Å². The highest BCUT2D eigenvalue weighted by Crippen LogP contribution is 2.27. The fourth-order valence-electron chi connectivity index (χ4n) is 2.34. The first-order valence-electron chi connectivity index (χ1n) is 6.86. The largest absolute Gasteiger partial charge is 0.435 e. The summed E-state index contributed by atoms with van der Waals surface area (Å²) in [5, 5.41) is 3.66. The van der Waals surface area contributed by atoms with Crippen molar-refractivity contribution in [2.24, 2.45) is 0 Å². The molecule has 1 aromatic heterocycles. The van der Waals surface area contributed by atoms with Crippen molar-refractivity contribution in [3.8, 4) is 5.75 Å². The fraction of sp³-hybridized carbons (Fsp3) is 0.357. The summed E-state index contributed by atoms with van der Waals surface area (Å²) >= 11 is 1.03. The van der Waals surface area contributed by atoms with E-state index in [1.807, 2.05) is 0 Å². The minimum absolute atomic E-state index is 0.0659. The number of benzene rings is 1. The molecule has 2 aromatic rings. The van der Waals surface area contributed by atoms with Gasteiger partial charge in [-0.15, -0.1) is 5.10 Å². The number of hydrogen-bond acceptors (Lipinski definition) is 6. The summed E-state index contributed by atoms with van der Waals surface area (Å²) in [5.41, 5.74) is 0.683. The molecule has 1 aliphatic heterocycles. The van der Waals surface area contributed by atoms with Gasteiger partial charge in [-0.05, 0) is 29.2 Å². The Morgan fingerprint density at radius 1 is 1.48 bits per heavy atom. The molecule has 0 aliphatic carbocycles. The maximum atomic E-state index is 12.3. The number of morpholine rings is 1. The molecule has 3 rings (SSSR count). The lowest BCUT2D eigenvalue weighted by Gasteiger charge is -2.32. The number of carbonyl (C=O) groups is 1. The van der Waals surface area contributed by atoms with Gasteiger partial charge in [0.25, 0.3) is 5.91 Å². The molecule has 1 atom stereocenters. The quantitative estimate of drug-likeness (QED) is 0.854. The average Bonchev–Trinajstić information content (AvgIpc) is 3.08. The second-order valence-electron chi connectivity index (χ2n) is 4.84. The van der Waals surface area contributed by atoms with E-state index in [1.54, 1.807) is 17.0 Å². The third-order valence-electron chi connectivity index (χ3n) is 3.38. The molecule has 23 heavy (non-hydrogen) atoms. The van der Waals surface area contributed by atoms with Gasteiger partial charge in [-0.25, -0.2) is 0 Å². The van der Waals surface area contributed by atoms with Gasteiger partial charge < -0.3 is 14.4 Å². The van der Waals surface area contributed by atoms with Crippen molar-refractivity contribution in [1.29, 1.82) is 0 Å². The molecular formula is C14H13F2N3O3S. The molecule has 0 bridgehead atoms. The zero-order valence-electron chi connectivity index (χ0n) is 11.9. The molecule has 122 valence electrons. The summed E-state index contributed by atoms with van der Waals surface area (Å²) < 4.78 is 38.3. The topological polar surface area (TPSA) is 64.6 Å². The number of rotatable bonds is 4. The van der Waals surface area contributed by atoms with E-state index >= 15 is 0 Å². The first-order valence-corrected chi connectivity index (χ1v) is 7.64. The molecule has 1 aromatic carbocycles. The molecule has 0 saturated carbocycles. The molecule has 0 radical (unpaired) electrons. The van der Waals surface area contributed by atoms with Crippen molar-refractivity contribution in [1.82, 2.24) is 14.5 Å². The number of hydrogen-bond donors (Lipinski definition) is 0. The third kappa shape index (κ3) is 3.80. The molecule has 0 spiro atoms. The van der Waals surface area contributed by atoms with Gasteiger partial charge in [0.2, 0.25) is 0 Å². The minimum atomic E-state index is -2.88. The van der Waals surface area contributed by atoms with Crippen molar-refractivity contribution >= 4 is 17.4 Å². The van der Waals surface area contributed by atoms with Gasteiger partial charge in [0.05, 0.1) is 19.3 Å². The highest BCUT2D eigenvalue weighted by atomic mass is 32.1. The maximum absolute atomic E-state index is 12.3. The lowest BCUT2D eigenvalue weighted by molar-refractivity contribution is -0.0504. The number of carbonyl (C=O) groups excluding carboxylic acids is 1. The van der Waals surface area contributed by atoms with E-state index in [9.17, 15) is 13.6 Å². The maximum Gasteiger partial charge on any atom is 0.387 e. The van der Waals surface area contributed by atoms with E-state index in [0.717, 1.165) is 11.5 Å². The summed E-state index contributed by atoms with van der Waals surface area (Å²) in [5.74, 6) is -0.0931.